The number of allylic oxidation sites excluding steroid dienone is 2. The van der Waals surface area contributed by atoms with Gasteiger partial charge in [-0.1, -0.05) is 6.07 Å². The van der Waals surface area contributed by atoms with Crippen molar-refractivity contribution in [3.63, 3.8) is 0 Å². The standard InChI is InChI=1S/C14H12N2O2S/c15-7-8-12(11-5-2-6-19-11)13-9(17)3-1-4-10(13)18-14(8)16/h2,5-6,8,12,16H,1,3-4H2. The lowest BCUT2D eigenvalue weighted by atomic mass is 9.77. The zero-order chi connectivity index (χ0) is 13.4. The SMILES string of the molecule is N#CC1C(=N)OC2=C(C(=O)CCC2)C1c1cccs1. The minimum Gasteiger partial charge on any atom is -0.446 e. The lowest BCUT2D eigenvalue weighted by Crippen LogP contribution is -2.34. The fourth-order valence-electron chi connectivity index (χ4n) is 2.71. The third kappa shape index (κ3) is 1.89. The fraction of sp³-hybridized carbons (Fsp3) is 0.357. The first-order valence-corrected chi connectivity index (χ1v) is 7.06. The molecule has 1 N–H and O–H groups in total. The number of carbonyl (C=O) groups excluding carboxylic acids is 1. The van der Waals surface area contributed by atoms with Crippen LogP contribution in [0.25, 0.3) is 0 Å². The molecule has 2 atom stereocenters. The van der Waals surface area contributed by atoms with Gasteiger partial charge in [0.1, 0.15) is 11.7 Å². The van der Waals surface area contributed by atoms with Crippen LogP contribution in [-0.2, 0) is 9.53 Å². The van der Waals surface area contributed by atoms with Crippen LogP contribution in [0, 0.1) is 22.7 Å². The van der Waals surface area contributed by atoms with Crippen LogP contribution in [0.4, 0.5) is 0 Å². The van der Waals surface area contributed by atoms with Crippen LogP contribution < -0.4 is 0 Å². The largest absolute Gasteiger partial charge is 0.446 e. The molecule has 1 aliphatic heterocycles. The average Bonchev–Trinajstić information content (AvgIpc) is 2.91. The summed E-state index contributed by atoms with van der Waals surface area (Å²) in [6.07, 6.45) is 1.96. The highest BCUT2D eigenvalue weighted by Gasteiger charge is 2.42. The Morgan fingerprint density at radius 3 is 3.00 bits per heavy atom. The summed E-state index contributed by atoms with van der Waals surface area (Å²) in [6, 6.07) is 5.94. The monoisotopic (exact) mass is 272 g/mol. The molecular weight excluding hydrogens is 260 g/mol. The van der Waals surface area contributed by atoms with E-state index in [4.69, 9.17) is 10.1 Å². The molecule has 19 heavy (non-hydrogen) atoms. The summed E-state index contributed by atoms with van der Waals surface area (Å²) in [6.45, 7) is 0. The zero-order valence-electron chi connectivity index (χ0n) is 10.2. The second kappa shape index (κ2) is 4.63. The van der Waals surface area contributed by atoms with Crippen LogP contribution in [0.1, 0.15) is 30.1 Å². The molecule has 96 valence electrons. The van der Waals surface area contributed by atoms with Gasteiger partial charge in [-0.15, -0.1) is 11.3 Å². The lowest BCUT2D eigenvalue weighted by Gasteiger charge is -2.33. The van der Waals surface area contributed by atoms with Crippen LogP contribution in [-0.4, -0.2) is 11.7 Å². The Labute approximate surface area is 114 Å². The molecular formula is C14H12N2O2S. The molecule has 0 spiro atoms. The molecule has 0 saturated heterocycles. The van der Waals surface area contributed by atoms with Crippen LogP contribution in [0.15, 0.2) is 28.8 Å². The smallest absolute Gasteiger partial charge is 0.205 e. The summed E-state index contributed by atoms with van der Waals surface area (Å²) >= 11 is 1.52. The van der Waals surface area contributed by atoms with E-state index < -0.39 is 5.92 Å². The van der Waals surface area contributed by atoms with E-state index in [0.717, 1.165) is 11.3 Å². The fourth-order valence-corrected chi connectivity index (χ4v) is 3.58. The normalized spacial score (nSPS) is 26.7. The van der Waals surface area contributed by atoms with Crippen LogP contribution >= 0.6 is 11.3 Å². The number of nitrogens with zero attached hydrogens (tertiary/aromatic N) is 1. The zero-order valence-corrected chi connectivity index (χ0v) is 11.0. The molecule has 0 radical (unpaired) electrons. The van der Waals surface area contributed by atoms with E-state index in [1.807, 2.05) is 17.5 Å². The van der Waals surface area contributed by atoms with E-state index in [-0.39, 0.29) is 17.6 Å². The van der Waals surface area contributed by atoms with Gasteiger partial charge in [0.15, 0.2) is 5.78 Å². The summed E-state index contributed by atoms with van der Waals surface area (Å²) in [5, 5.41) is 19.1. The predicted molar refractivity (Wildman–Crippen MR) is 70.9 cm³/mol. The number of rotatable bonds is 1. The summed E-state index contributed by atoms with van der Waals surface area (Å²) in [5.41, 5.74) is 0.622. The van der Waals surface area contributed by atoms with Crippen molar-refractivity contribution in [3.8, 4) is 6.07 Å². The van der Waals surface area contributed by atoms with Crippen molar-refractivity contribution in [1.82, 2.24) is 0 Å². The van der Waals surface area contributed by atoms with Gasteiger partial charge < -0.3 is 4.74 Å². The van der Waals surface area contributed by atoms with Crippen LogP contribution in [0.2, 0.25) is 0 Å². The molecule has 0 amide bonds. The van der Waals surface area contributed by atoms with E-state index in [9.17, 15) is 10.1 Å². The second-order valence-electron chi connectivity index (χ2n) is 4.68. The molecule has 5 heteroatoms. The van der Waals surface area contributed by atoms with Gasteiger partial charge in [0.05, 0.1) is 6.07 Å². The van der Waals surface area contributed by atoms with E-state index in [1.54, 1.807) is 0 Å². The number of carbonyl (C=O) groups is 1. The molecule has 3 rings (SSSR count). The van der Waals surface area contributed by atoms with Crippen molar-refractivity contribution >= 4 is 23.0 Å². The molecule has 0 aromatic carbocycles. The molecule has 0 fully saturated rings. The number of nitrogens with one attached hydrogen (secondary N) is 1. The quantitative estimate of drug-likeness (QED) is 0.854. The van der Waals surface area contributed by atoms with Gasteiger partial charge in [-0.3, -0.25) is 10.2 Å². The first kappa shape index (κ1) is 12.1. The van der Waals surface area contributed by atoms with E-state index in [0.29, 0.717) is 24.2 Å². The van der Waals surface area contributed by atoms with Crippen LogP contribution in [0.3, 0.4) is 0 Å². The molecule has 1 aromatic heterocycles. The summed E-state index contributed by atoms with van der Waals surface area (Å²) < 4.78 is 5.42. The van der Waals surface area contributed by atoms with Crippen molar-refractivity contribution in [2.45, 2.75) is 25.2 Å². The van der Waals surface area contributed by atoms with Gasteiger partial charge in [0.25, 0.3) is 0 Å². The lowest BCUT2D eigenvalue weighted by molar-refractivity contribution is -0.116. The van der Waals surface area contributed by atoms with Crippen molar-refractivity contribution < 1.29 is 9.53 Å². The van der Waals surface area contributed by atoms with Crippen molar-refractivity contribution in [1.29, 1.82) is 10.7 Å². The first-order chi connectivity index (χ1) is 9.22. The Bertz CT molecular complexity index is 610. The maximum atomic E-state index is 12.2. The Balaban J connectivity index is 2.16. The molecule has 2 heterocycles. The molecule has 0 bridgehead atoms. The van der Waals surface area contributed by atoms with Gasteiger partial charge in [0, 0.05) is 29.2 Å². The van der Waals surface area contributed by atoms with Gasteiger partial charge in [-0.05, 0) is 17.9 Å². The Hall–Kier alpha value is -1.93. The number of hydrogen-bond donors (Lipinski definition) is 1. The Morgan fingerprint density at radius 1 is 1.47 bits per heavy atom. The topological polar surface area (TPSA) is 73.9 Å². The highest BCUT2D eigenvalue weighted by atomic mass is 32.1. The Kier molecular flexibility index (Phi) is 2.96. The number of ether oxygens (including phenoxy) is 1. The Morgan fingerprint density at radius 2 is 2.32 bits per heavy atom. The number of ketones is 1. The maximum absolute atomic E-state index is 12.2. The molecule has 2 aliphatic rings. The van der Waals surface area contributed by atoms with Crippen molar-refractivity contribution in [2.24, 2.45) is 5.92 Å². The highest BCUT2D eigenvalue weighted by molar-refractivity contribution is 7.10. The third-order valence-electron chi connectivity index (χ3n) is 3.56. The van der Waals surface area contributed by atoms with Crippen molar-refractivity contribution in [3.05, 3.63) is 33.7 Å². The predicted octanol–water partition coefficient (Wildman–Crippen LogP) is 2.99. The number of Topliss-reactive ketones (excluding diaryl/α,β-unsaturated/α-hetero) is 1. The molecule has 2 unspecified atom stereocenters. The van der Waals surface area contributed by atoms with Crippen molar-refractivity contribution in [2.75, 3.05) is 0 Å². The van der Waals surface area contributed by atoms with Gasteiger partial charge in [-0.25, -0.2) is 0 Å². The second-order valence-corrected chi connectivity index (χ2v) is 5.66. The maximum Gasteiger partial charge on any atom is 0.205 e. The number of hydrogen-bond acceptors (Lipinski definition) is 5. The summed E-state index contributed by atoms with van der Waals surface area (Å²) in [5.74, 6) is -0.388. The molecule has 4 nitrogen and oxygen atoms in total. The highest BCUT2D eigenvalue weighted by Crippen LogP contribution is 2.44. The molecule has 1 aliphatic carbocycles. The molecule has 1 aromatic rings. The van der Waals surface area contributed by atoms with Gasteiger partial charge in [-0.2, -0.15) is 5.26 Å². The van der Waals surface area contributed by atoms with E-state index >= 15 is 0 Å². The molecule has 0 saturated carbocycles. The minimum absolute atomic E-state index is 0.0330. The summed E-state index contributed by atoms with van der Waals surface area (Å²) in [4.78, 5) is 13.1. The number of nitriles is 1. The summed E-state index contributed by atoms with van der Waals surface area (Å²) in [7, 11) is 0. The van der Waals surface area contributed by atoms with Crippen LogP contribution in [0.5, 0.6) is 0 Å². The first-order valence-electron chi connectivity index (χ1n) is 6.18. The minimum atomic E-state index is -0.695. The number of thiophene rings is 1. The van der Waals surface area contributed by atoms with Gasteiger partial charge >= 0.3 is 0 Å². The average molecular weight is 272 g/mol. The van der Waals surface area contributed by atoms with E-state index in [1.165, 1.54) is 11.3 Å². The van der Waals surface area contributed by atoms with E-state index in [2.05, 4.69) is 6.07 Å². The third-order valence-corrected chi connectivity index (χ3v) is 4.51. The van der Waals surface area contributed by atoms with Gasteiger partial charge in [0.2, 0.25) is 5.90 Å².